The van der Waals surface area contributed by atoms with Gasteiger partial charge >= 0.3 is 0 Å². The van der Waals surface area contributed by atoms with Crippen molar-refractivity contribution < 1.29 is 4.79 Å². The van der Waals surface area contributed by atoms with Gasteiger partial charge in [-0.2, -0.15) is 5.10 Å². The van der Waals surface area contributed by atoms with Crippen molar-refractivity contribution in [3.63, 3.8) is 0 Å². The Kier molecular flexibility index (Phi) is 3.42. The molecule has 0 spiro atoms. The van der Waals surface area contributed by atoms with E-state index >= 15 is 0 Å². The summed E-state index contributed by atoms with van der Waals surface area (Å²) in [5.41, 5.74) is 8.09. The first-order valence-corrected chi connectivity index (χ1v) is 8.08. The third-order valence-electron chi connectivity index (χ3n) is 4.66. The van der Waals surface area contributed by atoms with Crippen molar-refractivity contribution >= 4 is 11.9 Å². The fourth-order valence-corrected chi connectivity index (χ4v) is 3.12. The molecule has 3 heteroatoms. The van der Waals surface area contributed by atoms with Gasteiger partial charge in [-0.25, -0.2) is 0 Å². The van der Waals surface area contributed by atoms with Gasteiger partial charge in [-0.3, -0.25) is 9.89 Å². The molecule has 0 bridgehead atoms. The summed E-state index contributed by atoms with van der Waals surface area (Å²) < 4.78 is 0. The van der Waals surface area contributed by atoms with E-state index in [9.17, 15) is 4.79 Å². The minimum absolute atomic E-state index is 0.118. The molecule has 0 aliphatic heterocycles. The number of nitrogens with one attached hydrogen (secondary N) is 1. The molecule has 3 aromatic rings. The lowest BCUT2D eigenvalue weighted by atomic mass is 10.0. The Morgan fingerprint density at radius 3 is 2.67 bits per heavy atom. The van der Waals surface area contributed by atoms with Crippen LogP contribution in [0, 0.1) is 13.8 Å². The maximum atomic E-state index is 12.5. The summed E-state index contributed by atoms with van der Waals surface area (Å²) in [6.07, 6.45) is 2.60. The van der Waals surface area contributed by atoms with Crippen molar-refractivity contribution in [2.45, 2.75) is 20.3 Å². The third kappa shape index (κ3) is 2.48. The zero-order chi connectivity index (χ0) is 16.7. The average molecular weight is 314 g/mol. The molecule has 0 saturated heterocycles. The van der Waals surface area contributed by atoms with Crippen LogP contribution in [0.1, 0.15) is 32.7 Å². The van der Waals surface area contributed by atoms with E-state index < -0.39 is 0 Å². The van der Waals surface area contributed by atoms with Gasteiger partial charge in [0.2, 0.25) is 0 Å². The molecule has 0 unspecified atom stereocenters. The molecule has 1 aromatic heterocycles. The number of hydrogen-bond acceptors (Lipinski definition) is 2. The fraction of sp³-hybridized carbons (Fsp3) is 0.143. The van der Waals surface area contributed by atoms with Crippen molar-refractivity contribution in [3.05, 3.63) is 82.1 Å². The SMILES string of the molecule is Cc1ccc(-c2cc(/C=C3\Cc4ccccc4C3=O)[nH]n2)cc1C. The summed E-state index contributed by atoms with van der Waals surface area (Å²) in [4.78, 5) is 12.5. The second-order valence-electron chi connectivity index (χ2n) is 6.34. The number of benzene rings is 2. The molecule has 1 heterocycles. The molecule has 0 atom stereocenters. The average Bonchev–Trinajstić information content (AvgIpc) is 3.16. The van der Waals surface area contributed by atoms with Crippen LogP contribution in [-0.4, -0.2) is 16.0 Å². The molecular weight excluding hydrogens is 296 g/mol. The quantitative estimate of drug-likeness (QED) is 0.707. The largest absolute Gasteiger partial charge is 0.289 e. The van der Waals surface area contributed by atoms with Crippen molar-refractivity contribution in [1.82, 2.24) is 10.2 Å². The number of carbonyl (C=O) groups is 1. The Hall–Kier alpha value is -2.94. The number of aryl methyl sites for hydroxylation is 2. The lowest BCUT2D eigenvalue weighted by molar-refractivity contribution is 0.104. The Morgan fingerprint density at radius 1 is 1.04 bits per heavy atom. The van der Waals surface area contributed by atoms with Crippen LogP contribution in [0.15, 0.2) is 54.1 Å². The highest BCUT2D eigenvalue weighted by Gasteiger charge is 2.24. The van der Waals surface area contributed by atoms with E-state index in [-0.39, 0.29) is 5.78 Å². The lowest BCUT2D eigenvalue weighted by Gasteiger charge is -2.01. The number of carbonyl (C=O) groups excluding carboxylic acids is 1. The summed E-state index contributed by atoms with van der Waals surface area (Å²) in [6.45, 7) is 4.20. The number of ketones is 1. The Balaban J connectivity index is 1.64. The first-order valence-electron chi connectivity index (χ1n) is 8.08. The highest BCUT2D eigenvalue weighted by molar-refractivity contribution is 6.15. The summed E-state index contributed by atoms with van der Waals surface area (Å²) in [6, 6.07) is 16.1. The zero-order valence-corrected chi connectivity index (χ0v) is 13.8. The van der Waals surface area contributed by atoms with E-state index in [4.69, 9.17) is 0 Å². The standard InChI is InChI=1S/C21H18N2O/c1-13-7-8-16(9-14(13)2)20-12-18(22-23-20)11-17-10-15-5-3-4-6-19(15)21(17)24/h3-9,11-12H,10H2,1-2H3,(H,22,23)/b17-11+. The van der Waals surface area contributed by atoms with Gasteiger partial charge in [-0.15, -0.1) is 0 Å². The summed E-state index contributed by atoms with van der Waals surface area (Å²) in [7, 11) is 0. The van der Waals surface area contributed by atoms with Crippen LogP contribution in [0.3, 0.4) is 0 Å². The number of H-pyrrole nitrogens is 1. The highest BCUT2D eigenvalue weighted by atomic mass is 16.1. The predicted molar refractivity (Wildman–Crippen MR) is 96.0 cm³/mol. The van der Waals surface area contributed by atoms with Crippen LogP contribution in [0.25, 0.3) is 17.3 Å². The van der Waals surface area contributed by atoms with Gasteiger partial charge in [-0.1, -0.05) is 36.4 Å². The number of fused-ring (bicyclic) bond motifs is 1. The first-order chi connectivity index (χ1) is 11.6. The number of Topliss-reactive ketones (excluding diaryl/α,β-unsaturated/α-hetero) is 1. The highest BCUT2D eigenvalue weighted by Crippen LogP contribution is 2.28. The van der Waals surface area contributed by atoms with Gasteiger partial charge in [0.1, 0.15) is 0 Å². The van der Waals surface area contributed by atoms with Crippen molar-refractivity contribution in [1.29, 1.82) is 0 Å². The van der Waals surface area contributed by atoms with E-state index in [2.05, 4.69) is 42.2 Å². The Bertz CT molecular complexity index is 979. The number of aromatic nitrogens is 2. The molecular formula is C21H18N2O. The third-order valence-corrected chi connectivity index (χ3v) is 4.66. The van der Waals surface area contributed by atoms with Gasteiger partial charge in [-0.05, 0) is 48.7 Å². The van der Waals surface area contributed by atoms with E-state index in [0.29, 0.717) is 6.42 Å². The summed E-state index contributed by atoms with van der Waals surface area (Å²) in [5, 5.41) is 7.43. The predicted octanol–water partition coefficient (Wildman–Crippen LogP) is 4.52. The van der Waals surface area contributed by atoms with Gasteiger partial charge < -0.3 is 0 Å². The molecule has 1 aliphatic rings. The molecule has 0 fully saturated rings. The normalized spacial score (nSPS) is 15.1. The van der Waals surface area contributed by atoms with Crippen LogP contribution in [0.5, 0.6) is 0 Å². The Labute approximate surface area is 141 Å². The van der Waals surface area contributed by atoms with Crippen LogP contribution < -0.4 is 0 Å². The number of nitrogens with zero attached hydrogens (tertiary/aromatic N) is 1. The first kappa shape index (κ1) is 14.6. The molecule has 1 N–H and O–H groups in total. The van der Waals surface area contributed by atoms with Crippen molar-refractivity contribution in [2.75, 3.05) is 0 Å². The monoisotopic (exact) mass is 314 g/mol. The van der Waals surface area contributed by atoms with Crippen molar-refractivity contribution in [3.8, 4) is 11.3 Å². The maximum absolute atomic E-state index is 12.5. The van der Waals surface area contributed by atoms with E-state index in [1.165, 1.54) is 11.1 Å². The van der Waals surface area contributed by atoms with Gasteiger partial charge in [0, 0.05) is 23.1 Å². The molecule has 3 nitrogen and oxygen atoms in total. The minimum atomic E-state index is 0.118. The molecule has 118 valence electrons. The minimum Gasteiger partial charge on any atom is -0.289 e. The van der Waals surface area contributed by atoms with E-state index in [0.717, 1.165) is 33.7 Å². The topological polar surface area (TPSA) is 45.8 Å². The second-order valence-corrected chi connectivity index (χ2v) is 6.34. The number of hydrogen-bond donors (Lipinski definition) is 1. The molecule has 1 aliphatic carbocycles. The molecule has 0 radical (unpaired) electrons. The molecule has 0 amide bonds. The van der Waals surface area contributed by atoms with Gasteiger partial charge in [0.25, 0.3) is 0 Å². The smallest absolute Gasteiger partial charge is 0.189 e. The van der Waals surface area contributed by atoms with Crippen LogP contribution >= 0.6 is 0 Å². The maximum Gasteiger partial charge on any atom is 0.189 e. The molecule has 2 aromatic carbocycles. The second kappa shape index (κ2) is 5.60. The van der Waals surface area contributed by atoms with Crippen LogP contribution in [-0.2, 0) is 6.42 Å². The molecule has 24 heavy (non-hydrogen) atoms. The van der Waals surface area contributed by atoms with E-state index in [1.54, 1.807) is 0 Å². The molecule has 0 saturated carbocycles. The van der Waals surface area contributed by atoms with E-state index in [1.807, 2.05) is 36.4 Å². The number of rotatable bonds is 2. The van der Waals surface area contributed by atoms with Crippen LogP contribution in [0.2, 0.25) is 0 Å². The lowest BCUT2D eigenvalue weighted by Crippen LogP contribution is -1.94. The zero-order valence-electron chi connectivity index (χ0n) is 13.8. The van der Waals surface area contributed by atoms with Gasteiger partial charge in [0.15, 0.2) is 5.78 Å². The van der Waals surface area contributed by atoms with Gasteiger partial charge in [0.05, 0.1) is 11.4 Å². The molecule has 4 rings (SSSR count). The fourth-order valence-electron chi connectivity index (χ4n) is 3.12. The van der Waals surface area contributed by atoms with Crippen molar-refractivity contribution in [2.24, 2.45) is 0 Å². The summed E-state index contributed by atoms with van der Waals surface area (Å²) in [5.74, 6) is 0.118. The Morgan fingerprint density at radius 2 is 1.88 bits per heavy atom. The summed E-state index contributed by atoms with van der Waals surface area (Å²) >= 11 is 0. The number of allylic oxidation sites excluding steroid dienone is 1. The number of aromatic amines is 1. The van der Waals surface area contributed by atoms with Crippen LogP contribution in [0.4, 0.5) is 0 Å².